The lowest BCUT2D eigenvalue weighted by Gasteiger charge is -2.28. The van der Waals surface area contributed by atoms with Crippen LogP contribution in [0.1, 0.15) is 36.0 Å². The highest BCUT2D eigenvalue weighted by Gasteiger charge is 2.29. The maximum Gasteiger partial charge on any atom is 0.256 e. The van der Waals surface area contributed by atoms with E-state index in [9.17, 15) is 4.79 Å². The van der Waals surface area contributed by atoms with Crippen LogP contribution in [0.3, 0.4) is 0 Å². The highest BCUT2D eigenvalue weighted by molar-refractivity contribution is 9.12. The average Bonchev–Trinajstić information content (AvgIpc) is 2.94. The Kier molecular flexibility index (Phi) is 5.39. The van der Waals surface area contributed by atoms with E-state index in [2.05, 4.69) is 31.9 Å². The Hall–Kier alpha value is 0.0200. The van der Waals surface area contributed by atoms with Gasteiger partial charge in [-0.1, -0.05) is 25.1 Å². The normalized spacial score (nSPS) is 15.7. The zero-order valence-corrected chi connectivity index (χ0v) is 15.0. The first kappa shape index (κ1) is 15.4. The van der Waals surface area contributed by atoms with Crippen molar-refractivity contribution >= 4 is 66.3 Å². The fourth-order valence-electron chi connectivity index (χ4n) is 2.39. The first-order valence-corrected chi connectivity index (χ1v) is 8.84. The molecular weight excluding hydrogens is 412 g/mol. The van der Waals surface area contributed by atoms with E-state index < -0.39 is 0 Å². The second kappa shape index (κ2) is 6.65. The van der Waals surface area contributed by atoms with E-state index in [0.717, 1.165) is 20.4 Å². The van der Waals surface area contributed by atoms with Crippen LogP contribution in [0.25, 0.3) is 0 Å². The number of nitrogens with two attached hydrogens (primary N) is 1. The number of hydrogen-bond donors (Lipinski definition) is 1. The molecule has 0 unspecified atom stereocenters. The van der Waals surface area contributed by atoms with Crippen LogP contribution >= 0.6 is 55.4 Å². The highest BCUT2D eigenvalue weighted by atomic mass is 79.9. The smallest absolute Gasteiger partial charge is 0.256 e. The molecule has 7 heteroatoms. The molecule has 3 nitrogen and oxygen atoms in total. The van der Waals surface area contributed by atoms with Crippen LogP contribution in [0, 0.1) is 0 Å². The lowest BCUT2D eigenvalue weighted by atomic mass is 10.1. The van der Waals surface area contributed by atoms with Gasteiger partial charge in [0.1, 0.15) is 0 Å². The zero-order valence-electron chi connectivity index (χ0n) is 10.2. The van der Waals surface area contributed by atoms with Gasteiger partial charge < -0.3 is 10.6 Å². The molecule has 0 aliphatic heterocycles. The number of thiocarbonyl (C=S) groups is 1. The van der Waals surface area contributed by atoms with Gasteiger partial charge in [0.05, 0.1) is 24.7 Å². The summed E-state index contributed by atoms with van der Waals surface area (Å²) in [7, 11) is 0. The van der Waals surface area contributed by atoms with E-state index in [1.807, 2.05) is 11.0 Å². The number of amides is 1. The third-order valence-electron chi connectivity index (χ3n) is 3.24. The maximum atomic E-state index is 12.7. The van der Waals surface area contributed by atoms with Gasteiger partial charge in [0.15, 0.2) is 0 Å². The van der Waals surface area contributed by atoms with E-state index >= 15 is 0 Å². The number of hydrogen-bond acceptors (Lipinski definition) is 3. The molecule has 0 radical (unpaired) electrons. The van der Waals surface area contributed by atoms with Crippen LogP contribution in [0.5, 0.6) is 0 Å². The van der Waals surface area contributed by atoms with Gasteiger partial charge in [0.2, 0.25) is 0 Å². The summed E-state index contributed by atoms with van der Waals surface area (Å²) >= 11 is 13.3. The van der Waals surface area contributed by atoms with E-state index in [-0.39, 0.29) is 11.9 Å². The molecule has 1 amide bonds. The molecule has 19 heavy (non-hydrogen) atoms. The van der Waals surface area contributed by atoms with E-state index in [1.165, 1.54) is 24.2 Å². The Labute approximate surface area is 138 Å². The molecule has 0 saturated heterocycles. The van der Waals surface area contributed by atoms with Crippen molar-refractivity contribution in [2.45, 2.75) is 31.7 Å². The molecule has 0 spiro atoms. The van der Waals surface area contributed by atoms with Gasteiger partial charge in [0.25, 0.3) is 5.91 Å². The number of thiophene rings is 1. The fraction of sp³-hybridized carbons (Fsp3) is 0.500. The number of rotatable bonds is 4. The van der Waals surface area contributed by atoms with Crippen molar-refractivity contribution in [3.63, 3.8) is 0 Å². The summed E-state index contributed by atoms with van der Waals surface area (Å²) in [6, 6.07) is 2.11. The molecule has 104 valence electrons. The van der Waals surface area contributed by atoms with Gasteiger partial charge in [-0.25, -0.2) is 0 Å². The summed E-state index contributed by atoms with van der Waals surface area (Å²) in [6.07, 6.45) is 4.41. The second-order valence-corrected chi connectivity index (χ2v) is 8.85. The molecule has 2 N–H and O–H groups in total. The largest absolute Gasteiger partial charge is 0.392 e. The Morgan fingerprint density at radius 3 is 2.58 bits per heavy atom. The van der Waals surface area contributed by atoms with Crippen LogP contribution in [0.15, 0.2) is 13.6 Å². The lowest BCUT2D eigenvalue weighted by molar-refractivity contribution is 0.0714. The van der Waals surface area contributed by atoms with Crippen molar-refractivity contribution in [1.82, 2.24) is 4.90 Å². The molecule has 1 fully saturated rings. The highest BCUT2D eigenvalue weighted by Crippen LogP contribution is 2.34. The monoisotopic (exact) mass is 424 g/mol. The first-order chi connectivity index (χ1) is 8.99. The Bertz CT molecular complexity index is 498. The van der Waals surface area contributed by atoms with E-state index in [4.69, 9.17) is 18.0 Å². The minimum absolute atomic E-state index is 0.00789. The van der Waals surface area contributed by atoms with Gasteiger partial charge in [0, 0.05) is 6.04 Å². The molecule has 1 aromatic rings. The third-order valence-corrected chi connectivity index (χ3v) is 5.71. The quantitative estimate of drug-likeness (QED) is 0.743. The zero-order chi connectivity index (χ0) is 14.0. The summed E-state index contributed by atoms with van der Waals surface area (Å²) in [5.74, 6) is 0.00789. The van der Waals surface area contributed by atoms with E-state index in [1.54, 1.807) is 0 Å². The van der Waals surface area contributed by atoms with Gasteiger partial charge in [-0.3, -0.25) is 4.79 Å². The summed E-state index contributed by atoms with van der Waals surface area (Å²) in [6.45, 7) is 0.360. The standard InChI is InChI=1S/C12H14Br2N2OS2/c13-9-5-8(11(14)19-9)12(17)16(6-10(15)18)7-3-1-2-4-7/h5,7H,1-4,6H2,(H2,15,18). The molecule has 1 aliphatic rings. The fourth-order valence-corrected chi connectivity index (χ4v) is 5.31. The SMILES string of the molecule is NC(=S)CN(C(=O)c1cc(Br)sc1Br)C1CCCC1. The first-order valence-electron chi connectivity index (χ1n) is 6.03. The van der Waals surface area contributed by atoms with Crippen LogP contribution in [-0.4, -0.2) is 28.4 Å². The van der Waals surface area contributed by atoms with Crippen molar-refractivity contribution in [2.24, 2.45) is 5.73 Å². The summed E-state index contributed by atoms with van der Waals surface area (Å²) in [4.78, 5) is 14.9. The van der Waals surface area contributed by atoms with Crippen LogP contribution in [0.4, 0.5) is 0 Å². The molecule has 1 saturated carbocycles. The molecule has 1 aliphatic carbocycles. The van der Waals surface area contributed by atoms with Crippen molar-refractivity contribution in [3.05, 3.63) is 19.2 Å². The minimum atomic E-state index is 0.00789. The predicted octanol–water partition coefficient (Wildman–Crippen LogP) is 3.94. The molecule has 0 bridgehead atoms. The number of carbonyl (C=O) groups is 1. The van der Waals surface area contributed by atoms with Crippen molar-refractivity contribution in [2.75, 3.05) is 6.54 Å². The minimum Gasteiger partial charge on any atom is -0.392 e. The van der Waals surface area contributed by atoms with Gasteiger partial charge in [-0.2, -0.15) is 0 Å². The van der Waals surface area contributed by atoms with Crippen LogP contribution in [0.2, 0.25) is 0 Å². The summed E-state index contributed by atoms with van der Waals surface area (Å²) < 4.78 is 1.78. The molecule has 2 rings (SSSR count). The van der Waals surface area contributed by atoms with Gasteiger partial charge >= 0.3 is 0 Å². The topological polar surface area (TPSA) is 46.3 Å². The molecule has 1 aromatic heterocycles. The molecule has 0 atom stereocenters. The van der Waals surface area contributed by atoms with Crippen LogP contribution in [-0.2, 0) is 0 Å². The summed E-state index contributed by atoms with van der Waals surface area (Å²) in [5.41, 5.74) is 6.32. The molecule has 1 heterocycles. The average molecular weight is 426 g/mol. The predicted molar refractivity (Wildman–Crippen MR) is 89.8 cm³/mol. The Morgan fingerprint density at radius 2 is 2.11 bits per heavy atom. The number of halogens is 2. The lowest BCUT2D eigenvalue weighted by Crippen LogP contribution is -2.43. The Balaban J connectivity index is 2.24. The number of nitrogens with zero attached hydrogens (tertiary/aromatic N) is 1. The summed E-state index contributed by atoms with van der Waals surface area (Å²) in [5, 5.41) is 0. The second-order valence-electron chi connectivity index (χ2n) is 4.58. The van der Waals surface area contributed by atoms with Crippen molar-refractivity contribution in [3.8, 4) is 0 Å². The third kappa shape index (κ3) is 3.77. The van der Waals surface area contributed by atoms with Gasteiger partial charge in [-0.15, -0.1) is 11.3 Å². The molecule has 0 aromatic carbocycles. The molecular formula is C12H14Br2N2OS2. The van der Waals surface area contributed by atoms with E-state index in [0.29, 0.717) is 17.1 Å². The Morgan fingerprint density at radius 1 is 1.47 bits per heavy atom. The number of carbonyl (C=O) groups excluding carboxylic acids is 1. The van der Waals surface area contributed by atoms with Crippen molar-refractivity contribution in [1.29, 1.82) is 0 Å². The van der Waals surface area contributed by atoms with Crippen molar-refractivity contribution < 1.29 is 4.79 Å². The maximum absolute atomic E-state index is 12.7. The van der Waals surface area contributed by atoms with Gasteiger partial charge in [-0.05, 0) is 50.8 Å². The van der Waals surface area contributed by atoms with Crippen LogP contribution < -0.4 is 5.73 Å².